The molecule has 0 heterocycles. The maximum Gasteiger partial charge on any atom is 0.407 e. The molecule has 0 radical (unpaired) electrons. The van der Waals surface area contributed by atoms with E-state index in [4.69, 9.17) is 9.47 Å². The summed E-state index contributed by atoms with van der Waals surface area (Å²) < 4.78 is 10.2. The summed E-state index contributed by atoms with van der Waals surface area (Å²) >= 11 is 0. The lowest BCUT2D eigenvalue weighted by Gasteiger charge is -2.34. The van der Waals surface area contributed by atoms with Gasteiger partial charge in [0.1, 0.15) is 5.60 Å². The van der Waals surface area contributed by atoms with Gasteiger partial charge < -0.3 is 14.8 Å². The monoisotopic (exact) mass is 201 g/mol. The van der Waals surface area contributed by atoms with Crippen LogP contribution in [-0.2, 0) is 9.47 Å². The quantitative estimate of drug-likeness (QED) is 0.739. The molecule has 0 aromatic rings. The Labute approximate surface area is 85.0 Å². The molecular weight excluding hydrogens is 182 g/mol. The molecule has 0 aromatic heterocycles. The molecule has 4 nitrogen and oxygen atoms in total. The molecule has 0 saturated heterocycles. The second-order valence-electron chi connectivity index (χ2n) is 4.67. The second kappa shape index (κ2) is 4.17. The van der Waals surface area contributed by atoms with Crippen molar-refractivity contribution in [3.8, 4) is 0 Å². The first-order chi connectivity index (χ1) is 6.40. The average molecular weight is 201 g/mol. The molecule has 4 heteroatoms. The van der Waals surface area contributed by atoms with E-state index in [2.05, 4.69) is 5.32 Å². The molecule has 82 valence electrons. The summed E-state index contributed by atoms with van der Waals surface area (Å²) in [5, 5.41) is 2.80. The Bertz CT molecular complexity index is 204. The van der Waals surface area contributed by atoms with E-state index in [1.54, 1.807) is 7.11 Å². The third kappa shape index (κ3) is 3.54. The molecule has 1 saturated carbocycles. The maximum absolute atomic E-state index is 11.3. The number of methoxy groups -OCH3 is 1. The number of ether oxygens (including phenoxy) is 2. The number of hydrogen-bond donors (Lipinski definition) is 1. The van der Waals surface area contributed by atoms with Crippen molar-refractivity contribution in [1.82, 2.24) is 5.32 Å². The Morgan fingerprint density at radius 3 is 2.36 bits per heavy atom. The van der Waals surface area contributed by atoms with E-state index in [1.807, 2.05) is 20.8 Å². The van der Waals surface area contributed by atoms with Crippen molar-refractivity contribution in [1.29, 1.82) is 0 Å². The van der Waals surface area contributed by atoms with Gasteiger partial charge in [0, 0.05) is 13.2 Å². The SMILES string of the molecule is CO[C@H]1C[C@@H](NC(=O)OC(C)(C)C)C1. The van der Waals surface area contributed by atoms with Crippen LogP contribution >= 0.6 is 0 Å². The van der Waals surface area contributed by atoms with Crippen molar-refractivity contribution < 1.29 is 14.3 Å². The van der Waals surface area contributed by atoms with E-state index in [9.17, 15) is 4.79 Å². The van der Waals surface area contributed by atoms with E-state index in [1.165, 1.54) is 0 Å². The number of alkyl carbamates (subject to hydrolysis) is 1. The summed E-state index contributed by atoms with van der Waals surface area (Å²) in [7, 11) is 1.69. The minimum Gasteiger partial charge on any atom is -0.444 e. The van der Waals surface area contributed by atoms with Crippen molar-refractivity contribution >= 4 is 6.09 Å². The summed E-state index contributed by atoms with van der Waals surface area (Å²) in [6.45, 7) is 5.56. The fourth-order valence-corrected chi connectivity index (χ4v) is 1.35. The largest absolute Gasteiger partial charge is 0.444 e. The normalized spacial score (nSPS) is 26.6. The van der Waals surface area contributed by atoms with Gasteiger partial charge in [0.15, 0.2) is 0 Å². The number of amides is 1. The minimum atomic E-state index is -0.422. The third-order valence-corrected chi connectivity index (χ3v) is 2.15. The molecule has 1 amide bonds. The van der Waals surface area contributed by atoms with Crippen LogP contribution in [0.2, 0.25) is 0 Å². The van der Waals surface area contributed by atoms with Gasteiger partial charge in [-0.25, -0.2) is 4.79 Å². The number of hydrogen-bond acceptors (Lipinski definition) is 3. The first kappa shape index (κ1) is 11.3. The van der Waals surface area contributed by atoms with Gasteiger partial charge in [0.25, 0.3) is 0 Å². The highest BCUT2D eigenvalue weighted by Gasteiger charge is 2.31. The van der Waals surface area contributed by atoms with Gasteiger partial charge in [-0.15, -0.1) is 0 Å². The Morgan fingerprint density at radius 2 is 1.93 bits per heavy atom. The van der Waals surface area contributed by atoms with Gasteiger partial charge in [-0.05, 0) is 33.6 Å². The maximum atomic E-state index is 11.3. The highest BCUT2D eigenvalue weighted by Crippen LogP contribution is 2.22. The van der Waals surface area contributed by atoms with Gasteiger partial charge in [-0.3, -0.25) is 0 Å². The summed E-state index contributed by atoms with van der Waals surface area (Å²) in [4.78, 5) is 11.3. The zero-order chi connectivity index (χ0) is 10.8. The number of carbonyl (C=O) groups is 1. The summed E-state index contributed by atoms with van der Waals surface area (Å²) in [5.74, 6) is 0. The van der Waals surface area contributed by atoms with Gasteiger partial charge in [-0.2, -0.15) is 0 Å². The first-order valence-corrected chi connectivity index (χ1v) is 4.93. The lowest BCUT2D eigenvalue weighted by atomic mass is 9.89. The van der Waals surface area contributed by atoms with Gasteiger partial charge in [-0.1, -0.05) is 0 Å². The van der Waals surface area contributed by atoms with Crippen molar-refractivity contribution in [3.63, 3.8) is 0 Å². The van der Waals surface area contributed by atoms with Crippen LogP contribution in [0.4, 0.5) is 4.79 Å². The second-order valence-corrected chi connectivity index (χ2v) is 4.67. The van der Waals surface area contributed by atoms with Crippen molar-refractivity contribution in [2.75, 3.05) is 7.11 Å². The smallest absolute Gasteiger partial charge is 0.407 e. The molecule has 1 fully saturated rings. The molecular formula is C10H19NO3. The highest BCUT2D eigenvalue weighted by molar-refractivity contribution is 5.68. The average Bonchev–Trinajstić information content (AvgIpc) is 1.91. The van der Waals surface area contributed by atoms with E-state index in [0.29, 0.717) is 6.10 Å². The predicted molar refractivity (Wildman–Crippen MR) is 53.2 cm³/mol. The molecule has 0 aliphatic heterocycles. The Balaban J connectivity index is 2.17. The number of carbonyl (C=O) groups excluding carboxylic acids is 1. The van der Waals surface area contributed by atoms with E-state index in [0.717, 1.165) is 12.8 Å². The predicted octanol–water partition coefficient (Wildman–Crippen LogP) is 1.69. The van der Waals surface area contributed by atoms with Crippen LogP contribution in [0.25, 0.3) is 0 Å². The van der Waals surface area contributed by atoms with Gasteiger partial charge in [0.05, 0.1) is 6.10 Å². The molecule has 14 heavy (non-hydrogen) atoms. The lowest BCUT2D eigenvalue weighted by Crippen LogP contribution is -2.48. The molecule has 1 rings (SSSR count). The molecule has 1 aliphatic rings. The summed E-state index contributed by atoms with van der Waals surface area (Å²) in [6, 6.07) is 0.217. The van der Waals surface area contributed by atoms with E-state index >= 15 is 0 Å². The fraction of sp³-hybridized carbons (Fsp3) is 0.900. The van der Waals surface area contributed by atoms with Crippen LogP contribution in [0.15, 0.2) is 0 Å². The zero-order valence-electron chi connectivity index (χ0n) is 9.29. The van der Waals surface area contributed by atoms with E-state index < -0.39 is 5.60 Å². The molecule has 0 unspecified atom stereocenters. The van der Waals surface area contributed by atoms with Crippen molar-refractivity contribution in [3.05, 3.63) is 0 Å². The molecule has 0 bridgehead atoms. The van der Waals surface area contributed by atoms with E-state index in [-0.39, 0.29) is 12.1 Å². The fourth-order valence-electron chi connectivity index (χ4n) is 1.35. The number of nitrogens with one attached hydrogen (secondary N) is 1. The molecule has 0 atom stereocenters. The standard InChI is InChI=1S/C10H19NO3/c1-10(2,3)14-9(12)11-7-5-8(6-7)13-4/h7-8H,5-6H2,1-4H3,(H,11,12)/t7-,8+. The summed E-state index contributed by atoms with van der Waals surface area (Å²) in [5.41, 5.74) is -0.422. The summed E-state index contributed by atoms with van der Waals surface area (Å²) in [6.07, 6.45) is 1.73. The van der Waals surface area contributed by atoms with Gasteiger partial charge >= 0.3 is 6.09 Å². The molecule has 1 aliphatic carbocycles. The Hall–Kier alpha value is -0.770. The number of rotatable bonds is 2. The van der Waals surface area contributed by atoms with Crippen molar-refractivity contribution in [2.45, 2.75) is 51.4 Å². The van der Waals surface area contributed by atoms with Crippen LogP contribution in [0.1, 0.15) is 33.6 Å². The third-order valence-electron chi connectivity index (χ3n) is 2.15. The van der Waals surface area contributed by atoms with Crippen LogP contribution in [0.3, 0.4) is 0 Å². The highest BCUT2D eigenvalue weighted by atomic mass is 16.6. The molecule has 0 aromatic carbocycles. The molecule has 0 spiro atoms. The van der Waals surface area contributed by atoms with Gasteiger partial charge in [0.2, 0.25) is 0 Å². The van der Waals surface area contributed by atoms with Crippen LogP contribution in [0, 0.1) is 0 Å². The topological polar surface area (TPSA) is 47.6 Å². The minimum absolute atomic E-state index is 0.217. The molecule has 1 N–H and O–H groups in total. The first-order valence-electron chi connectivity index (χ1n) is 4.93. The van der Waals surface area contributed by atoms with Crippen LogP contribution < -0.4 is 5.32 Å². The Morgan fingerprint density at radius 1 is 1.36 bits per heavy atom. The van der Waals surface area contributed by atoms with Crippen LogP contribution in [-0.4, -0.2) is 30.9 Å². The van der Waals surface area contributed by atoms with Crippen LogP contribution in [0.5, 0.6) is 0 Å². The lowest BCUT2D eigenvalue weighted by molar-refractivity contribution is 0.00743. The van der Waals surface area contributed by atoms with Crippen molar-refractivity contribution in [2.24, 2.45) is 0 Å². The zero-order valence-corrected chi connectivity index (χ0v) is 9.29. The Kier molecular flexibility index (Phi) is 3.37.